The summed E-state index contributed by atoms with van der Waals surface area (Å²) in [6.45, 7) is 2.63. The molecule has 0 saturated carbocycles. The lowest BCUT2D eigenvalue weighted by Gasteiger charge is -2.22. The lowest BCUT2D eigenvalue weighted by Crippen LogP contribution is -2.39. The van der Waals surface area contributed by atoms with E-state index in [2.05, 4.69) is 0 Å². The number of para-hydroxylation sites is 1. The number of carbonyl (C=O) groups excluding carboxylic acids is 1. The monoisotopic (exact) mass is 390 g/mol. The summed E-state index contributed by atoms with van der Waals surface area (Å²) in [6, 6.07) is 11.9. The molecule has 0 aliphatic carbocycles. The first-order chi connectivity index (χ1) is 12.8. The maximum Gasteiger partial charge on any atom is 0.263 e. The minimum absolute atomic E-state index is 0.0696. The topological polar surface area (TPSA) is 98.9 Å². The number of ether oxygens (including phenoxy) is 2. The van der Waals surface area contributed by atoms with Crippen LogP contribution in [0, 0.1) is 0 Å². The molecule has 1 aliphatic heterocycles. The van der Waals surface area contributed by atoms with Gasteiger partial charge >= 0.3 is 0 Å². The first-order valence-corrected chi connectivity index (χ1v) is 10.1. The molecular formula is C19H22N2O5S. The molecule has 2 N–H and O–H groups in total. The van der Waals surface area contributed by atoms with E-state index in [1.165, 1.54) is 12.1 Å². The van der Waals surface area contributed by atoms with E-state index in [-0.39, 0.29) is 10.8 Å². The van der Waals surface area contributed by atoms with Gasteiger partial charge in [-0.1, -0.05) is 24.3 Å². The van der Waals surface area contributed by atoms with Crippen LogP contribution in [0.15, 0.2) is 47.4 Å². The molecule has 0 fully saturated rings. The zero-order chi connectivity index (χ0) is 19.6. The van der Waals surface area contributed by atoms with Crippen molar-refractivity contribution in [2.45, 2.75) is 30.9 Å². The second-order valence-electron chi connectivity index (χ2n) is 6.41. The summed E-state index contributed by atoms with van der Waals surface area (Å²) in [4.78, 5) is 14.5. The van der Waals surface area contributed by atoms with Gasteiger partial charge in [0.15, 0.2) is 17.6 Å². The Hall–Kier alpha value is -2.58. The van der Waals surface area contributed by atoms with Crippen molar-refractivity contribution in [1.82, 2.24) is 4.90 Å². The van der Waals surface area contributed by atoms with Gasteiger partial charge in [-0.2, -0.15) is 0 Å². The van der Waals surface area contributed by atoms with Crippen LogP contribution in [0.25, 0.3) is 0 Å². The number of methoxy groups -OCH3 is 1. The van der Waals surface area contributed by atoms with Crippen LogP contribution in [0.1, 0.15) is 18.1 Å². The van der Waals surface area contributed by atoms with Crippen molar-refractivity contribution in [3.05, 3.63) is 53.6 Å². The summed E-state index contributed by atoms with van der Waals surface area (Å²) < 4.78 is 33.8. The van der Waals surface area contributed by atoms with Crippen molar-refractivity contribution in [3.8, 4) is 11.5 Å². The van der Waals surface area contributed by atoms with Gasteiger partial charge in [0.2, 0.25) is 10.0 Å². The van der Waals surface area contributed by atoms with Crippen LogP contribution in [0.4, 0.5) is 0 Å². The highest BCUT2D eigenvalue weighted by Crippen LogP contribution is 2.35. The molecule has 144 valence electrons. The quantitative estimate of drug-likeness (QED) is 0.838. The highest BCUT2D eigenvalue weighted by molar-refractivity contribution is 7.89. The van der Waals surface area contributed by atoms with E-state index >= 15 is 0 Å². The number of hydrogen-bond donors (Lipinski definition) is 1. The lowest BCUT2D eigenvalue weighted by molar-refractivity contribution is -0.137. The van der Waals surface area contributed by atoms with E-state index in [1.807, 2.05) is 12.1 Å². The lowest BCUT2D eigenvalue weighted by atomic mass is 10.1. The Morgan fingerprint density at radius 2 is 1.93 bits per heavy atom. The van der Waals surface area contributed by atoms with Crippen LogP contribution in [0.3, 0.4) is 0 Å². The average molecular weight is 390 g/mol. The van der Waals surface area contributed by atoms with Crippen molar-refractivity contribution >= 4 is 15.9 Å². The van der Waals surface area contributed by atoms with Gasteiger partial charge in [0, 0.05) is 18.7 Å². The Kier molecular flexibility index (Phi) is 5.38. The highest BCUT2D eigenvalue weighted by atomic mass is 32.2. The van der Waals surface area contributed by atoms with Crippen LogP contribution < -0.4 is 14.6 Å². The molecule has 1 heterocycles. The third kappa shape index (κ3) is 4.23. The summed E-state index contributed by atoms with van der Waals surface area (Å²) in [6.07, 6.45) is -0.0323. The van der Waals surface area contributed by atoms with Gasteiger partial charge < -0.3 is 14.4 Å². The molecule has 1 atom stereocenters. The van der Waals surface area contributed by atoms with E-state index in [4.69, 9.17) is 14.6 Å². The Morgan fingerprint density at radius 3 is 2.56 bits per heavy atom. The number of nitrogens with two attached hydrogens (primary N) is 1. The smallest absolute Gasteiger partial charge is 0.263 e. The van der Waals surface area contributed by atoms with Gasteiger partial charge in [0.1, 0.15) is 0 Å². The summed E-state index contributed by atoms with van der Waals surface area (Å²) in [5, 5.41) is 5.11. The molecule has 1 unspecified atom stereocenters. The molecule has 2 aromatic carbocycles. The number of fused-ring (bicyclic) bond motifs is 1. The maximum atomic E-state index is 12.7. The molecule has 0 saturated heterocycles. The normalized spacial score (nSPS) is 17.1. The van der Waals surface area contributed by atoms with Crippen molar-refractivity contribution in [2.75, 3.05) is 13.7 Å². The van der Waals surface area contributed by atoms with Crippen LogP contribution in [-0.2, 0) is 27.8 Å². The number of carbonyl (C=O) groups is 1. The second-order valence-corrected chi connectivity index (χ2v) is 7.97. The number of nitrogens with zero attached hydrogens (tertiary/aromatic N) is 1. The molecule has 0 spiro atoms. The summed E-state index contributed by atoms with van der Waals surface area (Å²) in [5.74, 6) is 1.10. The number of hydrogen-bond acceptors (Lipinski definition) is 5. The summed E-state index contributed by atoms with van der Waals surface area (Å²) in [5.41, 5.74) is 1.80. The number of benzene rings is 2. The molecule has 8 heteroatoms. The van der Waals surface area contributed by atoms with E-state index in [9.17, 15) is 13.2 Å². The molecule has 0 bridgehead atoms. The fraction of sp³-hybridized carbons (Fsp3) is 0.316. The molecule has 0 radical (unpaired) electrons. The van der Waals surface area contributed by atoms with E-state index in [0.29, 0.717) is 31.0 Å². The summed E-state index contributed by atoms with van der Waals surface area (Å²) in [7, 11) is -2.14. The minimum atomic E-state index is -3.71. The van der Waals surface area contributed by atoms with Crippen LogP contribution in [-0.4, -0.2) is 39.0 Å². The van der Waals surface area contributed by atoms with E-state index in [0.717, 1.165) is 11.1 Å². The molecular weight excluding hydrogens is 368 g/mol. The predicted molar refractivity (Wildman–Crippen MR) is 100 cm³/mol. The van der Waals surface area contributed by atoms with Gasteiger partial charge in [0.25, 0.3) is 5.91 Å². The average Bonchev–Trinajstić information content (AvgIpc) is 2.76. The SMILES string of the molecule is COc1cccc2c1OC(C)C(=O)N(CCc1ccc(S(N)(=O)=O)cc1)C2. The molecule has 3 rings (SSSR count). The van der Waals surface area contributed by atoms with Crippen molar-refractivity contribution in [1.29, 1.82) is 0 Å². The highest BCUT2D eigenvalue weighted by Gasteiger charge is 2.29. The second kappa shape index (κ2) is 7.58. The van der Waals surface area contributed by atoms with Gasteiger partial charge in [0.05, 0.1) is 12.0 Å². The van der Waals surface area contributed by atoms with Crippen molar-refractivity contribution < 1.29 is 22.7 Å². The Bertz CT molecular complexity index is 941. The van der Waals surface area contributed by atoms with Gasteiger partial charge in [-0.25, -0.2) is 13.6 Å². The van der Waals surface area contributed by atoms with Crippen LogP contribution in [0.2, 0.25) is 0 Å². The zero-order valence-electron chi connectivity index (χ0n) is 15.2. The Labute approximate surface area is 158 Å². The molecule has 2 aromatic rings. The van der Waals surface area contributed by atoms with Gasteiger partial charge in [-0.05, 0) is 37.1 Å². The van der Waals surface area contributed by atoms with E-state index < -0.39 is 16.1 Å². The number of primary sulfonamides is 1. The maximum absolute atomic E-state index is 12.7. The van der Waals surface area contributed by atoms with Crippen LogP contribution in [0.5, 0.6) is 11.5 Å². The molecule has 1 amide bonds. The zero-order valence-corrected chi connectivity index (χ0v) is 16.0. The van der Waals surface area contributed by atoms with Gasteiger partial charge in [-0.15, -0.1) is 0 Å². The standard InChI is InChI=1S/C19H22N2O5S/c1-13-19(22)21(12-15-4-3-5-17(25-2)18(15)26-13)11-10-14-6-8-16(9-7-14)27(20,23)24/h3-9,13H,10-12H2,1-2H3,(H2,20,23,24). The Balaban J connectivity index is 1.76. The third-order valence-electron chi connectivity index (χ3n) is 4.52. The first-order valence-electron chi connectivity index (χ1n) is 8.52. The number of rotatable bonds is 5. The van der Waals surface area contributed by atoms with Crippen LogP contribution >= 0.6 is 0 Å². The van der Waals surface area contributed by atoms with Crippen molar-refractivity contribution in [2.24, 2.45) is 5.14 Å². The fourth-order valence-corrected chi connectivity index (χ4v) is 3.56. The largest absolute Gasteiger partial charge is 0.493 e. The Morgan fingerprint density at radius 1 is 1.22 bits per heavy atom. The fourth-order valence-electron chi connectivity index (χ4n) is 3.05. The molecule has 0 aromatic heterocycles. The summed E-state index contributed by atoms with van der Waals surface area (Å²) >= 11 is 0. The number of amides is 1. The molecule has 1 aliphatic rings. The predicted octanol–water partition coefficient (Wildman–Crippen LogP) is 1.69. The number of sulfonamides is 1. The first kappa shape index (κ1) is 19.2. The van der Waals surface area contributed by atoms with E-state index in [1.54, 1.807) is 37.1 Å². The molecule has 27 heavy (non-hydrogen) atoms. The minimum Gasteiger partial charge on any atom is -0.493 e. The third-order valence-corrected chi connectivity index (χ3v) is 5.45. The van der Waals surface area contributed by atoms with Crippen molar-refractivity contribution in [3.63, 3.8) is 0 Å². The van der Waals surface area contributed by atoms with Gasteiger partial charge in [-0.3, -0.25) is 4.79 Å². The molecule has 7 nitrogen and oxygen atoms in total.